The second kappa shape index (κ2) is 9.50. The lowest BCUT2D eigenvalue weighted by Gasteiger charge is -2.28. The largest absolute Gasteiger partial charge is 0.469 e. The zero-order chi connectivity index (χ0) is 15.6. The summed E-state index contributed by atoms with van der Waals surface area (Å²) in [7, 11) is 2.76. The summed E-state index contributed by atoms with van der Waals surface area (Å²) in [5.74, 6) is -0.474. The summed E-state index contributed by atoms with van der Waals surface area (Å²) in [6, 6.07) is 0.192. The molecule has 20 heavy (non-hydrogen) atoms. The van der Waals surface area contributed by atoms with Gasteiger partial charge in [0.25, 0.3) is 0 Å². The molecule has 0 aliphatic carbocycles. The lowest BCUT2D eigenvalue weighted by atomic mass is 9.77. The van der Waals surface area contributed by atoms with Crippen LogP contribution in [0.4, 0.5) is 0 Å². The van der Waals surface area contributed by atoms with Gasteiger partial charge in [-0.3, -0.25) is 14.6 Å². The maximum atomic E-state index is 11.3. The van der Waals surface area contributed by atoms with Gasteiger partial charge in [-0.2, -0.15) is 0 Å². The van der Waals surface area contributed by atoms with E-state index in [4.69, 9.17) is 0 Å². The predicted octanol–water partition coefficient (Wildman–Crippen LogP) is 2.77. The van der Waals surface area contributed by atoms with Crippen LogP contribution in [0.1, 0.15) is 52.9 Å². The van der Waals surface area contributed by atoms with Crippen LogP contribution < -0.4 is 0 Å². The molecular formula is C15H27NO4. The average Bonchev–Trinajstić information content (AvgIpc) is 2.46. The molecule has 0 N–H and O–H groups in total. The molecule has 0 saturated carbocycles. The van der Waals surface area contributed by atoms with Crippen LogP contribution in [0.3, 0.4) is 0 Å². The van der Waals surface area contributed by atoms with Crippen LogP contribution >= 0.6 is 0 Å². The van der Waals surface area contributed by atoms with Gasteiger partial charge < -0.3 is 9.47 Å². The number of rotatable bonds is 9. The monoisotopic (exact) mass is 285 g/mol. The first-order chi connectivity index (χ1) is 9.39. The maximum absolute atomic E-state index is 11.3. The Hall–Kier alpha value is -1.39. The van der Waals surface area contributed by atoms with Crippen molar-refractivity contribution in [3.05, 3.63) is 0 Å². The first-order valence-electron chi connectivity index (χ1n) is 7.07. The van der Waals surface area contributed by atoms with Crippen molar-refractivity contribution in [3.63, 3.8) is 0 Å². The van der Waals surface area contributed by atoms with Gasteiger partial charge in [0, 0.05) is 30.5 Å². The first kappa shape index (κ1) is 18.6. The number of hydrogen-bond donors (Lipinski definition) is 0. The molecule has 5 nitrogen and oxygen atoms in total. The van der Waals surface area contributed by atoms with E-state index in [1.807, 2.05) is 27.0 Å². The second-order valence-corrected chi connectivity index (χ2v) is 5.24. The van der Waals surface area contributed by atoms with Gasteiger partial charge in [-0.05, 0) is 33.1 Å². The molecule has 0 aromatic heterocycles. The number of methoxy groups -OCH3 is 2. The molecular weight excluding hydrogens is 258 g/mol. The smallest absolute Gasteiger partial charge is 0.305 e. The van der Waals surface area contributed by atoms with Crippen molar-refractivity contribution in [2.45, 2.75) is 58.9 Å². The zero-order valence-electron chi connectivity index (χ0n) is 13.3. The lowest BCUT2D eigenvalue weighted by molar-refractivity contribution is -0.141. The van der Waals surface area contributed by atoms with Crippen molar-refractivity contribution in [2.24, 2.45) is 10.4 Å². The van der Waals surface area contributed by atoms with Crippen molar-refractivity contribution in [1.29, 1.82) is 0 Å². The molecule has 0 rings (SSSR count). The van der Waals surface area contributed by atoms with E-state index in [1.165, 1.54) is 14.2 Å². The summed E-state index contributed by atoms with van der Waals surface area (Å²) in [6.45, 7) is 6.04. The SMILES string of the molecule is CCC(C=NC(C)C)(CCC(=O)OC)CCC(=O)OC. The summed E-state index contributed by atoms with van der Waals surface area (Å²) >= 11 is 0. The molecule has 0 aromatic carbocycles. The summed E-state index contributed by atoms with van der Waals surface area (Å²) in [6.07, 6.45) is 4.64. The highest BCUT2D eigenvalue weighted by atomic mass is 16.5. The molecule has 0 spiro atoms. The number of aliphatic imine (C=N–C) groups is 1. The molecule has 116 valence electrons. The van der Waals surface area contributed by atoms with Gasteiger partial charge in [-0.25, -0.2) is 0 Å². The molecule has 0 aromatic rings. The standard InChI is InChI=1S/C15H27NO4/c1-6-15(11-16-12(2)3,9-7-13(17)19-4)10-8-14(18)20-5/h11-12H,6-10H2,1-5H3. The predicted molar refractivity (Wildman–Crippen MR) is 78.9 cm³/mol. The van der Waals surface area contributed by atoms with Crippen LogP contribution in [0.2, 0.25) is 0 Å². The van der Waals surface area contributed by atoms with Crippen LogP contribution in [0.15, 0.2) is 4.99 Å². The Kier molecular flexibility index (Phi) is 8.84. The third kappa shape index (κ3) is 7.26. The molecule has 0 atom stereocenters. The summed E-state index contributed by atoms with van der Waals surface area (Å²) in [5, 5.41) is 0. The zero-order valence-corrected chi connectivity index (χ0v) is 13.3. The quantitative estimate of drug-likeness (QED) is 0.482. The average molecular weight is 285 g/mol. The van der Waals surface area contributed by atoms with Gasteiger partial charge in [-0.15, -0.1) is 0 Å². The van der Waals surface area contributed by atoms with Crippen molar-refractivity contribution in [1.82, 2.24) is 0 Å². The number of nitrogens with zero attached hydrogens (tertiary/aromatic N) is 1. The fourth-order valence-electron chi connectivity index (χ4n) is 1.91. The van der Waals surface area contributed by atoms with Crippen LogP contribution in [0, 0.1) is 5.41 Å². The van der Waals surface area contributed by atoms with Crippen LogP contribution in [0.5, 0.6) is 0 Å². The molecule has 0 amide bonds. The highest BCUT2D eigenvalue weighted by Crippen LogP contribution is 2.32. The Morgan fingerprint density at radius 2 is 1.55 bits per heavy atom. The minimum atomic E-state index is -0.257. The molecule has 0 heterocycles. The number of esters is 2. The minimum Gasteiger partial charge on any atom is -0.469 e. The van der Waals surface area contributed by atoms with E-state index < -0.39 is 0 Å². The summed E-state index contributed by atoms with van der Waals surface area (Å²) < 4.78 is 9.37. The topological polar surface area (TPSA) is 65.0 Å². The normalized spacial score (nSPS) is 11.9. The molecule has 0 fully saturated rings. The maximum Gasteiger partial charge on any atom is 0.305 e. The minimum absolute atomic E-state index is 0.192. The van der Waals surface area contributed by atoms with Gasteiger partial charge in [0.05, 0.1) is 14.2 Å². The lowest BCUT2D eigenvalue weighted by Crippen LogP contribution is -2.25. The molecule has 0 aliphatic heterocycles. The Balaban J connectivity index is 4.86. The third-order valence-electron chi connectivity index (χ3n) is 3.46. The number of hydrogen-bond acceptors (Lipinski definition) is 5. The van der Waals surface area contributed by atoms with E-state index in [1.54, 1.807) is 0 Å². The highest BCUT2D eigenvalue weighted by Gasteiger charge is 2.28. The van der Waals surface area contributed by atoms with Crippen LogP contribution in [-0.2, 0) is 19.1 Å². The van der Waals surface area contributed by atoms with Gasteiger partial charge >= 0.3 is 11.9 Å². The van der Waals surface area contributed by atoms with Crippen LogP contribution in [-0.4, -0.2) is 38.4 Å². The van der Waals surface area contributed by atoms with E-state index in [2.05, 4.69) is 14.5 Å². The molecule has 0 aliphatic rings. The number of carbonyl (C=O) groups excluding carboxylic acids is 2. The Morgan fingerprint density at radius 3 is 1.85 bits per heavy atom. The molecule has 0 unspecified atom stereocenters. The van der Waals surface area contributed by atoms with Crippen molar-refractivity contribution < 1.29 is 19.1 Å². The Labute approximate surface area is 121 Å². The molecule has 0 saturated heterocycles. The highest BCUT2D eigenvalue weighted by molar-refractivity contribution is 5.73. The van der Waals surface area contributed by atoms with E-state index in [9.17, 15) is 9.59 Å². The molecule has 0 bridgehead atoms. The number of carbonyl (C=O) groups is 2. The molecule has 0 radical (unpaired) electrons. The Bertz CT molecular complexity index is 317. The van der Waals surface area contributed by atoms with Crippen molar-refractivity contribution in [3.8, 4) is 0 Å². The fourth-order valence-corrected chi connectivity index (χ4v) is 1.91. The van der Waals surface area contributed by atoms with E-state index in [-0.39, 0.29) is 23.4 Å². The van der Waals surface area contributed by atoms with Gasteiger partial charge in [-0.1, -0.05) is 6.92 Å². The fraction of sp³-hybridized carbons (Fsp3) is 0.800. The summed E-state index contributed by atoms with van der Waals surface area (Å²) in [4.78, 5) is 27.1. The number of ether oxygens (including phenoxy) is 2. The molecule has 5 heteroatoms. The van der Waals surface area contributed by atoms with Gasteiger partial charge in [0.2, 0.25) is 0 Å². The van der Waals surface area contributed by atoms with Gasteiger partial charge in [0.15, 0.2) is 0 Å². The first-order valence-corrected chi connectivity index (χ1v) is 7.07. The third-order valence-corrected chi connectivity index (χ3v) is 3.46. The summed E-state index contributed by atoms with van der Waals surface area (Å²) in [5.41, 5.74) is -0.257. The second-order valence-electron chi connectivity index (χ2n) is 5.24. The van der Waals surface area contributed by atoms with E-state index >= 15 is 0 Å². The van der Waals surface area contributed by atoms with Crippen molar-refractivity contribution >= 4 is 18.2 Å². The van der Waals surface area contributed by atoms with E-state index in [0.29, 0.717) is 25.7 Å². The van der Waals surface area contributed by atoms with Crippen LogP contribution in [0.25, 0.3) is 0 Å². The van der Waals surface area contributed by atoms with Crippen molar-refractivity contribution in [2.75, 3.05) is 14.2 Å². The Morgan fingerprint density at radius 1 is 1.10 bits per heavy atom. The van der Waals surface area contributed by atoms with E-state index in [0.717, 1.165) is 6.42 Å². The van der Waals surface area contributed by atoms with Gasteiger partial charge in [0.1, 0.15) is 0 Å².